The van der Waals surface area contributed by atoms with E-state index in [1.165, 1.54) is 12.0 Å². The van der Waals surface area contributed by atoms with Crippen molar-refractivity contribution < 1.29 is 24.2 Å². The minimum absolute atomic E-state index is 0.229. The number of fused-ring (bicyclic) bond motifs is 1. The number of carbonyl (C=O) groups is 2. The number of carboxylic acids is 1. The zero-order valence-corrected chi connectivity index (χ0v) is 13.7. The third-order valence-electron chi connectivity index (χ3n) is 4.27. The van der Waals surface area contributed by atoms with Crippen LogP contribution < -0.4 is 10.5 Å². The van der Waals surface area contributed by atoms with E-state index in [2.05, 4.69) is 4.98 Å². The van der Waals surface area contributed by atoms with Gasteiger partial charge in [-0.15, -0.1) is 0 Å². The lowest BCUT2D eigenvalue weighted by molar-refractivity contribution is -0.152. The van der Waals surface area contributed by atoms with Crippen molar-refractivity contribution in [3.05, 3.63) is 36.7 Å². The molecule has 1 unspecified atom stereocenters. The van der Waals surface area contributed by atoms with Crippen molar-refractivity contribution in [2.75, 3.05) is 13.7 Å². The van der Waals surface area contributed by atoms with Crippen LogP contribution in [0.1, 0.15) is 6.42 Å². The van der Waals surface area contributed by atoms with Crippen molar-refractivity contribution >= 4 is 22.6 Å². The lowest BCUT2D eigenvalue weighted by Crippen LogP contribution is -2.50. The van der Waals surface area contributed by atoms with Gasteiger partial charge in [-0.2, -0.15) is 0 Å². The fourth-order valence-electron chi connectivity index (χ4n) is 3.15. The molecule has 1 aliphatic rings. The maximum absolute atomic E-state index is 11.5. The molecule has 8 nitrogen and oxygen atoms in total. The number of nitrogens with zero attached hydrogens (tertiary/aromatic N) is 2. The molecule has 25 heavy (non-hydrogen) atoms. The Bertz CT molecular complexity index is 797. The van der Waals surface area contributed by atoms with Gasteiger partial charge in [0.1, 0.15) is 17.9 Å². The van der Waals surface area contributed by atoms with Crippen LogP contribution >= 0.6 is 0 Å². The highest BCUT2D eigenvalue weighted by Gasteiger charge is 2.43. The maximum atomic E-state index is 11.5. The summed E-state index contributed by atoms with van der Waals surface area (Å²) in [6, 6.07) is 6.55. The average molecular weight is 345 g/mol. The molecule has 1 aliphatic heterocycles. The van der Waals surface area contributed by atoms with Gasteiger partial charge in [0.15, 0.2) is 6.23 Å². The number of amides is 1. The van der Waals surface area contributed by atoms with Gasteiger partial charge in [0.25, 0.3) is 5.91 Å². The van der Waals surface area contributed by atoms with Crippen molar-refractivity contribution in [2.45, 2.75) is 24.8 Å². The fourth-order valence-corrected chi connectivity index (χ4v) is 3.15. The number of carboxylic acid groups (broad SMARTS) is 1. The Morgan fingerprint density at radius 1 is 1.36 bits per heavy atom. The second-order valence-corrected chi connectivity index (χ2v) is 5.90. The number of rotatable bonds is 6. The van der Waals surface area contributed by atoms with E-state index in [4.69, 9.17) is 15.2 Å². The van der Waals surface area contributed by atoms with Crippen molar-refractivity contribution in [1.82, 2.24) is 9.88 Å². The largest absolute Gasteiger partial charge is 0.489 e. The number of nitrogens with two attached hydrogens (primary N) is 1. The van der Waals surface area contributed by atoms with Gasteiger partial charge in [-0.05, 0) is 29.7 Å². The molecule has 1 fully saturated rings. The summed E-state index contributed by atoms with van der Waals surface area (Å²) in [5, 5.41) is 11.4. The molecule has 3 N–H and O–H groups in total. The first-order valence-electron chi connectivity index (χ1n) is 7.80. The maximum Gasteiger partial charge on any atom is 0.321 e. The molecule has 0 bridgehead atoms. The number of likely N-dealkylation sites (tertiary alicyclic amines) is 1. The van der Waals surface area contributed by atoms with Crippen molar-refractivity contribution in [1.29, 1.82) is 0 Å². The third kappa shape index (κ3) is 3.54. The van der Waals surface area contributed by atoms with Crippen LogP contribution in [0, 0.1) is 0 Å². The molecule has 0 spiro atoms. The smallest absolute Gasteiger partial charge is 0.321 e. The Hall–Kier alpha value is -2.71. The molecule has 2 heterocycles. The first kappa shape index (κ1) is 17.1. The molecule has 132 valence electrons. The number of primary amides is 1. The molecule has 1 amide bonds. The minimum Gasteiger partial charge on any atom is -0.489 e. The van der Waals surface area contributed by atoms with Crippen LogP contribution in [-0.4, -0.2) is 58.9 Å². The number of benzene rings is 1. The van der Waals surface area contributed by atoms with Gasteiger partial charge in [-0.25, -0.2) is 0 Å². The number of hydrogen-bond donors (Lipinski definition) is 2. The summed E-state index contributed by atoms with van der Waals surface area (Å²) in [6.45, 7) is 0.229. The third-order valence-corrected chi connectivity index (χ3v) is 4.27. The van der Waals surface area contributed by atoms with Crippen molar-refractivity contribution in [3.8, 4) is 5.75 Å². The molecular weight excluding hydrogens is 326 g/mol. The van der Waals surface area contributed by atoms with E-state index in [1.807, 2.05) is 24.3 Å². The molecule has 2 aromatic rings. The number of hydrogen-bond acceptors (Lipinski definition) is 6. The molecule has 0 saturated carbocycles. The van der Waals surface area contributed by atoms with E-state index in [1.54, 1.807) is 12.4 Å². The summed E-state index contributed by atoms with van der Waals surface area (Å²) >= 11 is 0. The summed E-state index contributed by atoms with van der Waals surface area (Å²) < 4.78 is 11.0. The average Bonchev–Trinajstić information content (AvgIpc) is 2.99. The van der Waals surface area contributed by atoms with Crippen molar-refractivity contribution in [3.63, 3.8) is 0 Å². The monoisotopic (exact) mass is 345 g/mol. The zero-order valence-electron chi connectivity index (χ0n) is 13.7. The quantitative estimate of drug-likeness (QED) is 0.787. The molecule has 0 aliphatic carbocycles. The first-order chi connectivity index (χ1) is 12.0. The normalized spacial score (nSPS) is 22.0. The number of pyridine rings is 1. The standard InChI is InChI=1S/C17H19N3O5/c1-24-16(15(18)21)20-9-13(7-14(20)17(22)23)25-12-3-2-11-8-19-5-4-10(11)6-12/h2-6,8,13-14,16H,7,9H2,1H3,(H2,18,21)(H,22,23)/t13-,14+,16?/m1/s1. The molecular formula is C17H19N3O5. The Morgan fingerprint density at radius 3 is 2.84 bits per heavy atom. The van der Waals surface area contributed by atoms with E-state index < -0.39 is 30.3 Å². The van der Waals surface area contributed by atoms with E-state index in [9.17, 15) is 14.7 Å². The number of aliphatic carboxylic acids is 1. The molecule has 8 heteroatoms. The lowest BCUT2D eigenvalue weighted by Gasteiger charge is -2.26. The molecule has 3 rings (SSSR count). The van der Waals surface area contributed by atoms with Gasteiger partial charge >= 0.3 is 5.97 Å². The summed E-state index contributed by atoms with van der Waals surface area (Å²) in [5.41, 5.74) is 5.30. The summed E-state index contributed by atoms with van der Waals surface area (Å²) in [5.74, 6) is -1.14. The van der Waals surface area contributed by atoms with Crippen LogP contribution in [0.25, 0.3) is 10.8 Å². The first-order valence-corrected chi connectivity index (χ1v) is 7.80. The Kier molecular flexibility index (Phi) is 4.82. The van der Waals surface area contributed by atoms with Crippen LogP contribution in [0.3, 0.4) is 0 Å². The van der Waals surface area contributed by atoms with Crippen LogP contribution in [0.4, 0.5) is 0 Å². The zero-order chi connectivity index (χ0) is 18.0. The number of ether oxygens (including phenoxy) is 2. The van der Waals surface area contributed by atoms with E-state index in [0.29, 0.717) is 5.75 Å². The van der Waals surface area contributed by atoms with Gasteiger partial charge in [0.05, 0.1) is 0 Å². The summed E-state index contributed by atoms with van der Waals surface area (Å²) in [4.78, 5) is 28.5. The molecule has 0 radical (unpaired) electrons. The highest BCUT2D eigenvalue weighted by Crippen LogP contribution is 2.27. The SMILES string of the molecule is COC(C(N)=O)N1C[C@H](Oc2ccc3cnccc3c2)C[C@H]1C(=O)O. The highest BCUT2D eigenvalue weighted by molar-refractivity contribution is 5.83. The lowest BCUT2D eigenvalue weighted by atomic mass is 10.1. The Labute approximate surface area is 144 Å². The topological polar surface area (TPSA) is 115 Å². The molecule has 1 saturated heterocycles. The predicted octanol–water partition coefficient (Wildman–Crippen LogP) is 0.599. The second-order valence-electron chi connectivity index (χ2n) is 5.90. The van der Waals surface area contributed by atoms with Crippen molar-refractivity contribution in [2.24, 2.45) is 5.73 Å². The van der Waals surface area contributed by atoms with E-state index in [-0.39, 0.29) is 13.0 Å². The van der Waals surface area contributed by atoms with Gasteiger partial charge in [0, 0.05) is 37.9 Å². The molecule has 1 aromatic heterocycles. The van der Waals surface area contributed by atoms with Crippen LogP contribution in [-0.2, 0) is 14.3 Å². The van der Waals surface area contributed by atoms with E-state index in [0.717, 1.165) is 10.8 Å². The van der Waals surface area contributed by atoms with Crippen LogP contribution in [0.5, 0.6) is 5.75 Å². The summed E-state index contributed by atoms with van der Waals surface area (Å²) in [7, 11) is 1.32. The fraction of sp³-hybridized carbons (Fsp3) is 0.353. The highest BCUT2D eigenvalue weighted by atomic mass is 16.5. The Balaban J connectivity index is 1.78. The molecule has 1 aromatic carbocycles. The molecule has 3 atom stereocenters. The van der Waals surface area contributed by atoms with Gasteiger partial charge in [-0.1, -0.05) is 0 Å². The van der Waals surface area contributed by atoms with Crippen LogP contribution in [0.15, 0.2) is 36.7 Å². The number of aromatic nitrogens is 1. The van der Waals surface area contributed by atoms with Crippen LogP contribution in [0.2, 0.25) is 0 Å². The minimum atomic E-state index is -1.10. The summed E-state index contributed by atoms with van der Waals surface area (Å²) in [6.07, 6.45) is 2.19. The van der Waals surface area contributed by atoms with Gasteiger partial charge in [-0.3, -0.25) is 19.5 Å². The second kappa shape index (κ2) is 7.04. The van der Waals surface area contributed by atoms with E-state index >= 15 is 0 Å². The van der Waals surface area contributed by atoms with Gasteiger partial charge in [0.2, 0.25) is 0 Å². The number of methoxy groups -OCH3 is 1. The number of carbonyl (C=O) groups excluding carboxylic acids is 1. The van der Waals surface area contributed by atoms with Gasteiger partial charge < -0.3 is 20.3 Å². The predicted molar refractivity (Wildman–Crippen MR) is 88.9 cm³/mol. The Morgan fingerprint density at radius 2 is 2.16 bits per heavy atom.